The molecule has 12 nitrogen and oxygen atoms in total. The maximum absolute atomic E-state index is 10.9. The van der Waals surface area contributed by atoms with Crippen LogP contribution in [0.5, 0.6) is 0 Å². The van der Waals surface area contributed by atoms with Crippen LogP contribution in [0, 0.1) is 23.7 Å². The molecule has 0 amide bonds. The van der Waals surface area contributed by atoms with Crippen molar-refractivity contribution in [2.75, 3.05) is 0 Å². The van der Waals surface area contributed by atoms with E-state index in [-0.39, 0.29) is 50.4 Å². The van der Waals surface area contributed by atoms with Crippen LogP contribution in [0.15, 0.2) is 0 Å². The number of ketones is 4. The predicted molar refractivity (Wildman–Crippen MR) is 234 cm³/mol. The van der Waals surface area contributed by atoms with Crippen molar-refractivity contribution in [3.8, 4) is 0 Å². The van der Waals surface area contributed by atoms with Gasteiger partial charge in [0.05, 0.1) is 47.5 Å². The number of carboxylic acid groups (broad SMARTS) is 4. The molecule has 13 heteroatoms. The smallest absolute Gasteiger partial charge is 0.549 e. The molecule has 352 valence electrons. The first-order valence-electron chi connectivity index (χ1n) is 23.2. The first kappa shape index (κ1) is 67.6. The van der Waals surface area contributed by atoms with E-state index >= 15 is 0 Å². The van der Waals surface area contributed by atoms with Crippen molar-refractivity contribution in [3.05, 3.63) is 0 Å². The summed E-state index contributed by atoms with van der Waals surface area (Å²) in [6, 6.07) is 0. The SMILES string of the molecule is CCCCCCCCC(C(C)=O)C(=O)[O-].CCCCCCCCC(C(C)=O)C(=O)[O-].CCCCCCCCC(C(C)=O)C(=O)[O-].CCCCCCCCC(C(C)=O)C(=O)[O-].[Pb+4]. The van der Waals surface area contributed by atoms with Gasteiger partial charge >= 0.3 is 27.3 Å². The average Bonchev–Trinajstić information content (AvgIpc) is 3.16. The average molecular weight is 1060 g/mol. The number of aliphatic carboxylic acids is 4. The third-order valence-electron chi connectivity index (χ3n) is 10.5. The van der Waals surface area contributed by atoms with Gasteiger partial charge in [-0.1, -0.05) is 182 Å². The summed E-state index contributed by atoms with van der Waals surface area (Å²) in [6.07, 6.45) is 28.1. The second-order valence-corrected chi connectivity index (χ2v) is 16.2. The second-order valence-electron chi connectivity index (χ2n) is 16.2. The van der Waals surface area contributed by atoms with Gasteiger partial charge in [0, 0.05) is 0 Å². The molecular weight excluding hydrogens is 976 g/mol. The van der Waals surface area contributed by atoms with Gasteiger partial charge in [0.2, 0.25) is 0 Å². The third-order valence-corrected chi connectivity index (χ3v) is 10.5. The zero-order chi connectivity index (χ0) is 46.7. The minimum atomic E-state index is -1.23. The Labute approximate surface area is 390 Å². The van der Waals surface area contributed by atoms with E-state index < -0.39 is 47.5 Å². The fourth-order valence-corrected chi connectivity index (χ4v) is 6.46. The Balaban J connectivity index is -0.000000227. The number of carbonyl (C=O) groups is 8. The Morgan fingerprint density at radius 1 is 0.279 bits per heavy atom. The molecule has 0 aliphatic rings. The second kappa shape index (κ2) is 48.5. The molecule has 0 bridgehead atoms. The molecule has 0 saturated carbocycles. The van der Waals surface area contributed by atoms with E-state index in [9.17, 15) is 58.8 Å². The van der Waals surface area contributed by atoms with Gasteiger partial charge in [-0.3, -0.25) is 19.2 Å². The predicted octanol–water partition coefficient (Wildman–Crippen LogP) is 6.39. The number of rotatable bonds is 36. The summed E-state index contributed by atoms with van der Waals surface area (Å²) < 4.78 is 0. The standard InChI is InChI=1S/4C12H22O3.Pb/c4*1-3-4-5-6-7-8-9-11(10(2)13)12(14)15;/h4*11H,3-9H2,1-2H3,(H,14,15);/q;;;;+4/p-4. The third kappa shape index (κ3) is 46.8. The molecule has 0 heterocycles. The Kier molecular flexibility index (Phi) is 53.7. The van der Waals surface area contributed by atoms with Gasteiger partial charge in [-0.05, 0) is 53.4 Å². The molecule has 4 unspecified atom stereocenters. The van der Waals surface area contributed by atoms with Crippen LogP contribution in [-0.4, -0.2) is 74.3 Å². The van der Waals surface area contributed by atoms with Crippen molar-refractivity contribution in [1.29, 1.82) is 0 Å². The topological polar surface area (TPSA) is 229 Å². The Morgan fingerprint density at radius 3 is 0.525 bits per heavy atom. The summed E-state index contributed by atoms with van der Waals surface area (Å²) in [6.45, 7) is 13.9. The minimum Gasteiger partial charge on any atom is -0.549 e. The summed E-state index contributed by atoms with van der Waals surface area (Å²) in [5.41, 5.74) is 0. The van der Waals surface area contributed by atoms with Crippen molar-refractivity contribution in [2.24, 2.45) is 23.7 Å². The van der Waals surface area contributed by atoms with E-state index in [4.69, 9.17) is 0 Å². The monoisotopic (exact) mass is 1060 g/mol. The number of hydrogen-bond acceptors (Lipinski definition) is 12. The van der Waals surface area contributed by atoms with Crippen LogP contribution in [0.25, 0.3) is 0 Å². The van der Waals surface area contributed by atoms with Crippen LogP contribution in [0.3, 0.4) is 0 Å². The molecule has 0 N–H and O–H groups in total. The van der Waals surface area contributed by atoms with E-state index in [0.29, 0.717) is 25.7 Å². The molecule has 0 aromatic heterocycles. The van der Waals surface area contributed by atoms with Crippen molar-refractivity contribution in [1.82, 2.24) is 0 Å². The van der Waals surface area contributed by atoms with Crippen molar-refractivity contribution in [2.45, 2.75) is 235 Å². The summed E-state index contributed by atoms with van der Waals surface area (Å²) in [5.74, 6) is -9.63. The molecule has 0 radical (unpaired) electrons. The first-order valence-corrected chi connectivity index (χ1v) is 23.2. The fraction of sp³-hybridized carbons (Fsp3) is 0.833. The van der Waals surface area contributed by atoms with Crippen molar-refractivity contribution >= 4 is 74.3 Å². The van der Waals surface area contributed by atoms with E-state index in [0.717, 1.165) is 77.0 Å². The van der Waals surface area contributed by atoms with Gasteiger partial charge in [0.15, 0.2) is 0 Å². The van der Waals surface area contributed by atoms with Gasteiger partial charge in [-0.2, -0.15) is 0 Å². The Morgan fingerprint density at radius 2 is 0.410 bits per heavy atom. The summed E-state index contributed by atoms with van der Waals surface area (Å²) in [4.78, 5) is 86.0. The van der Waals surface area contributed by atoms with Gasteiger partial charge in [0.25, 0.3) is 0 Å². The van der Waals surface area contributed by atoms with E-state index in [1.54, 1.807) is 0 Å². The largest absolute Gasteiger partial charge is 4.00 e. The molecule has 0 aromatic rings. The molecule has 0 aromatic carbocycles. The number of hydrogen-bond donors (Lipinski definition) is 0. The molecule has 0 rings (SSSR count). The van der Waals surface area contributed by atoms with Gasteiger partial charge < -0.3 is 39.6 Å². The molecule has 0 spiro atoms. The maximum Gasteiger partial charge on any atom is 4.00 e. The Bertz CT molecular complexity index is 924. The van der Waals surface area contributed by atoms with Gasteiger partial charge in [0.1, 0.15) is 23.1 Å². The normalized spacial score (nSPS) is 12.2. The maximum atomic E-state index is 10.9. The van der Waals surface area contributed by atoms with Gasteiger partial charge in [-0.15, -0.1) is 0 Å². The quantitative estimate of drug-likeness (QED) is 0.0378. The first-order chi connectivity index (χ1) is 28.4. The molecule has 0 aliphatic carbocycles. The Hall–Kier alpha value is -2.52. The van der Waals surface area contributed by atoms with Crippen LogP contribution < -0.4 is 20.4 Å². The molecule has 4 atom stereocenters. The van der Waals surface area contributed by atoms with Crippen LogP contribution >= 0.6 is 0 Å². The van der Waals surface area contributed by atoms with Crippen LogP contribution in [0.4, 0.5) is 0 Å². The summed E-state index contributed by atoms with van der Waals surface area (Å²) in [7, 11) is 0. The molecular formula is C48H84O12Pb. The van der Waals surface area contributed by atoms with Crippen molar-refractivity contribution in [3.63, 3.8) is 0 Å². The molecule has 0 aliphatic heterocycles. The molecule has 0 fully saturated rings. The number of unbranched alkanes of at least 4 members (excludes halogenated alkanes) is 20. The number of Topliss-reactive ketones (excluding diaryl/α,β-unsaturated/α-hetero) is 4. The summed E-state index contributed by atoms with van der Waals surface area (Å²) in [5, 5.41) is 42.3. The van der Waals surface area contributed by atoms with Crippen LogP contribution in [0.2, 0.25) is 0 Å². The van der Waals surface area contributed by atoms with E-state index in [2.05, 4.69) is 27.7 Å². The zero-order valence-corrected chi connectivity index (χ0v) is 43.4. The molecule has 0 saturated heterocycles. The fourth-order valence-electron chi connectivity index (χ4n) is 6.46. The number of carbonyl (C=O) groups excluding carboxylic acids is 8. The van der Waals surface area contributed by atoms with Gasteiger partial charge in [-0.25, -0.2) is 0 Å². The summed E-state index contributed by atoms with van der Waals surface area (Å²) >= 11 is 0. The van der Waals surface area contributed by atoms with Crippen LogP contribution in [-0.2, 0) is 38.4 Å². The van der Waals surface area contributed by atoms with Crippen LogP contribution in [0.1, 0.15) is 235 Å². The van der Waals surface area contributed by atoms with E-state index in [1.165, 1.54) is 105 Å². The minimum absolute atomic E-state index is 0. The molecule has 61 heavy (non-hydrogen) atoms. The number of carboxylic acids is 4. The zero-order valence-electron chi connectivity index (χ0n) is 39.5. The van der Waals surface area contributed by atoms with E-state index in [1.807, 2.05) is 0 Å². The van der Waals surface area contributed by atoms with Crippen molar-refractivity contribution < 1.29 is 58.8 Å².